The number of amides is 1. The van der Waals surface area contributed by atoms with Gasteiger partial charge in [0.25, 0.3) is 0 Å². The van der Waals surface area contributed by atoms with Crippen molar-refractivity contribution in [2.75, 3.05) is 26.2 Å². The Balaban J connectivity index is 2.45. The summed E-state index contributed by atoms with van der Waals surface area (Å²) in [5.41, 5.74) is 0. The van der Waals surface area contributed by atoms with Gasteiger partial charge in [-0.25, -0.2) is 0 Å². The Kier molecular flexibility index (Phi) is 4.76. The molecule has 0 bridgehead atoms. The number of carbonyl (C=O) groups is 1. The molecule has 1 fully saturated rings. The summed E-state index contributed by atoms with van der Waals surface area (Å²) in [6.45, 7) is 4.48. The van der Waals surface area contributed by atoms with Gasteiger partial charge in [0.2, 0.25) is 5.91 Å². The van der Waals surface area contributed by atoms with E-state index >= 15 is 0 Å². The minimum absolute atomic E-state index is 0.149. The van der Waals surface area contributed by atoms with Gasteiger partial charge in [0.05, 0.1) is 6.04 Å². The molecule has 100 valence electrons. The number of hydrogen-bond donors (Lipinski definition) is 2. The van der Waals surface area contributed by atoms with Crippen LogP contribution >= 0.6 is 0 Å². The van der Waals surface area contributed by atoms with Crippen LogP contribution in [0.1, 0.15) is 13.8 Å². The van der Waals surface area contributed by atoms with Crippen LogP contribution in [0, 0.1) is 0 Å². The van der Waals surface area contributed by atoms with E-state index in [1.54, 1.807) is 6.92 Å². The summed E-state index contributed by atoms with van der Waals surface area (Å²) in [4.78, 5) is 13.5. The number of piperazine rings is 1. The Morgan fingerprint density at radius 3 is 2.76 bits per heavy atom. The van der Waals surface area contributed by atoms with E-state index < -0.39 is 24.7 Å². The fourth-order valence-corrected chi connectivity index (χ4v) is 1.92. The van der Waals surface area contributed by atoms with Crippen molar-refractivity contribution in [3.8, 4) is 0 Å². The molecule has 2 atom stereocenters. The van der Waals surface area contributed by atoms with Crippen LogP contribution in [-0.4, -0.2) is 55.2 Å². The third-order valence-corrected chi connectivity index (χ3v) is 2.89. The molecule has 1 saturated heterocycles. The maximum atomic E-state index is 12.0. The number of carbonyl (C=O) groups excluding carboxylic acids is 1. The van der Waals surface area contributed by atoms with Crippen LogP contribution in [0.4, 0.5) is 13.2 Å². The molecule has 1 rings (SSSR count). The van der Waals surface area contributed by atoms with Crippen molar-refractivity contribution < 1.29 is 18.0 Å². The number of rotatable bonds is 3. The van der Waals surface area contributed by atoms with Gasteiger partial charge in [0.15, 0.2) is 0 Å². The predicted molar refractivity (Wildman–Crippen MR) is 57.6 cm³/mol. The van der Waals surface area contributed by atoms with Crippen LogP contribution in [0.15, 0.2) is 0 Å². The van der Waals surface area contributed by atoms with Crippen molar-refractivity contribution in [3.63, 3.8) is 0 Å². The highest BCUT2D eigenvalue weighted by Gasteiger charge is 2.31. The highest BCUT2D eigenvalue weighted by Crippen LogP contribution is 2.13. The Morgan fingerprint density at radius 1 is 1.59 bits per heavy atom. The Hall–Kier alpha value is -0.820. The first kappa shape index (κ1) is 14.2. The smallest absolute Gasteiger partial charge is 0.346 e. The molecule has 4 nitrogen and oxygen atoms in total. The second-order valence-electron chi connectivity index (χ2n) is 4.30. The fraction of sp³-hybridized carbons (Fsp3) is 0.900. The monoisotopic (exact) mass is 253 g/mol. The van der Waals surface area contributed by atoms with E-state index in [4.69, 9.17) is 0 Å². The molecule has 0 saturated carbocycles. The minimum Gasteiger partial charge on any atom is -0.346 e. The Morgan fingerprint density at radius 2 is 2.24 bits per heavy atom. The van der Waals surface area contributed by atoms with E-state index in [1.807, 2.05) is 17.1 Å². The molecule has 0 aromatic rings. The van der Waals surface area contributed by atoms with Gasteiger partial charge >= 0.3 is 6.18 Å². The quantitative estimate of drug-likeness (QED) is 0.762. The van der Waals surface area contributed by atoms with Crippen LogP contribution in [0.25, 0.3) is 0 Å². The van der Waals surface area contributed by atoms with Crippen LogP contribution in [0.2, 0.25) is 0 Å². The molecular weight excluding hydrogens is 235 g/mol. The zero-order chi connectivity index (χ0) is 13.1. The zero-order valence-electron chi connectivity index (χ0n) is 9.97. The number of halogens is 3. The molecule has 17 heavy (non-hydrogen) atoms. The fourth-order valence-electron chi connectivity index (χ4n) is 1.92. The number of nitrogens with zero attached hydrogens (tertiary/aromatic N) is 1. The molecule has 1 amide bonds. The minimum atomic E-state index is -4.36. The van der Waals surface area contributed by atoms with Crippen LogP contribution in [-0.2, 0) is 4.79 Å². The molecule has 0 aliphatic carbocycles. The van der Waals surface area contributed by atoms with Gasteiger partial charge in [-0.1, -0.05) is 0 Å². The summed E-state index contributed by atoms with van der Waals surface area (Å²) in [5.74, 6) is -0.573. The van der Waals surface area contributed by atoms with Crippen LogP contribution in [0.5, 0.6) is 0 Å². The summed E-state index contributed by atoms with van der Waals surface area (Å²) >= 11 is 0. The first-order valence-electron chi connectivity index (χ1n) is 5.62. The molecule has 0 spiro atoms. The molecule has 0 aromatic heterocycles. The van der Waals surface area contributed by atoms with Crippen molar-refractivity contribution in [1.82, 2.24) is 15.5 Å². The summed E-state index contributed by atoms with van der Waals surface area (Å²) in [5, 5.41) is 5.08. The van der Waals surface area contributed by atoms with Crippen molar-refractivity contribution in [2.24, 2.45) is 0 Å². The van der Waals surface area contributed by atoms with Gasteiger partial charge in [0.1, 0.15) is 6.54 Å². The molecule has 0 radical (unpaired) electrons. The number of nitrogens with one attached hydrogen (secondary N) is 2. The number of alkyl halides is 3. The van der Waals surface area contributed by atoms with Gasteiger partial charge in [0, 0.05) is 25.7 Å². The summed E-state index contributed by atoms with van der Waals surface area (Å²) < 4.78 is 35.9. The third kappa shape index (κ3) is 4.51. The van der Waals surface area contributed by atoms with E-state index in [2.05, 4.69) is 5.32 Å². The van der Waals surface area contributed by atoms with Crippen molar-refractivity contribution in [1.29, 1.82) is 0 Å². The maximum Gasteiger partial charge on any atom is 0.405 e. The van der Waals surface area contributed by atoms with E-state index in [0.717, 1.165) is 13.1 Å². The summed E-state index contributed by atoms with van der Waals surface area (Å²) in [6.07, 6.45) is -4.36. The molecule has 1 aliphatic heterocycles. The van der Waals surface area contributed by atoms with Crippen molar-refractivity contribution in [3.05, 3.63) is 0 Å². The average molecular weight is 253 g/mol. The lowest BCUT2D eigenvalue weighted by Crippen LogP contribution is -2.57. The molecule has 7 heteroatoms. The van der Waals surface area contributed by atoms with E-state index in [9.17, 15) is 18.0 Å². The third-order valence-electron chi connectivity index (χ3n) is 2.89. The summed E-state index contributed by atoms with van der Waals surface area (Å²) in [7, 11) is 0. The largest absolute Gasteiger partial charge is 0.405 e. The van der Waals surface area contributed by atoms with Gasteiger partial charge in [-0.05, 0) is 13.8 Å². The molecule has 0 aromatic carbocycles. The molecule has 2 N–H and O–H groups in total. The van der Waals surface area contributed by atoms with Crippen molar-refractivity contribution >= 4 is 5.91 Å². The standard InChI is InChI=1S/C10H18F3N3O/c1-7-5-14-3-4-16(7)8(2)9(17)15-6-10(11,12)13/h7-8,14H,3-6H2,1-2H3,(H,15,17)/t7-,8?/m1/s1. The first-order valence-corrected chi connectivity index (χ1v) is 5.62. The van der Waals surface area contributed by atoms with Crippen LogP contribution < -0.4 is 10.6 Å². The highest BCUT2D eigenvalue weighted by atomic mass is 19.4. The van der Waals surface area contributed by atoms with E-state index in [1.165, 1.54) is 0 Å². The maximum absolute atomic E-state index is 12.0. The second kappa shape index (κ2) is 5.68. The molecule has 1 unspecified atom stereocenters. The van der Waals surface area contributed by atoms with Gasteiger partial charge < -0.3 is 10.6 Å². The number of hydrogen-bond acceptors (Lipinski definition) is 3. The van der Waals surface area contributed by atoms with Gasteiger partial charge in [-0.3, -0.25) is 9.69 Å². The zero-order valence-corrected chi connectivity index (χ0v) is 9.97. The second-order valence-corrected chi connectivity index (χ2v) is 4.30. The lowest BCUT2D eigenvalue weighted by atomic mass is 10.1. The van der Waals surface area contributed by atoms with Gasteiger partial charge in [-0.2, -0.15) is 13.2 Å². The van der Waals surface area contributed by atoms with Crippen LogP contribution in [0.3, 0.4) is 0 Å². The van der Waals surface area contributed by atoms with E-state index in [0.29, 0.717) is 6.54 Å². The first-order chi connectivity index (χ1) is 7.81. The normalized spacial score (nSPS) is 24.4. The Bertz CT molecular complexity index is 270. The Labute approximate surface area is 98.5 Å². The molecule has 1 heterocycles. The molecular formula is C10H18F3N3O. The predicted octanol–water partition coefficient (Wildman–Crippen LogP) is 0.347. The SMILES string of the molecule is CC(C(=O)NCC(F)(F)F)N1CCNC[C@H]1C. The average Bonchev–Trinajstić information content (AvgIpc) is 2.24. The topological polar surface area (TPSA) is 44.4 Å². The lowest BCUT2D eigenvalue weighted by molar-refractivity contribution is -0.141. The lowest BCUT2D eigenvalue weighted by Gasteiger charge is -2.37. The van der Waals surface area contributed by atoms with E-state index in [-0.39, 0.29) is 6.04 Å². The highest BCUT2D eigenvalue weighted by molar-refractivity contribution is 5.81. The van der Waals surface area contributed by atoms with Gasteiger partial charge in [-0.15, -0.1) is 0 Å². The van der Waals surface area contributed by atoms with Crippen molar-refractivity contribution in [2.45, 2.75) is 32.1 Å². The summed E-state index contributed by atoms with van der Waals surface area (Å²) in [6, 6.07) is -0.384. The molecule has 1 aliphatic rings.